The molecule has 0 unspecified atom stereocenters. The lowest BCUT2D eigenvalue weighted by Crippen LogP contribution is -2.39. The maximum Gasteiger partial charge on any atom is 0.0519 e. The van der Waals surface area contributed by atoms with Crippen molar-refractivity contribution in [1.82, 2.24) is 5.32 Å². The Hall–Kier alpha value is -0.900. The zero-order chi connectivity index (χ0) is 12.9. The van der Waals surface area contributed by atoms with Gasteiger partial charge in [-0.15, -0.1) is 0 Å². The third kappa shape index (κ3) is 3.80. The second kappa shape index (κ2) is 6.15. The van der Waals surface area contributed by atoms with E-state index < -0.39 is 5.41 Å². The summed E-state index contributed by atoms with van der Waals surface area (Å²) >= 11 is 0. The van der Waals surface area contributed by atoms with Crippen LogP contribution in [-0.2, 0) is 0 Å². The highest BCUT2D eigenvalue weighted by Crippen LogP contribution is 2.19. The molecule has 0 spiro atoms. The van der Waals surface area contributed by atoms with Crippen LogP contribution in [0, 0.1) is 12.3 Å². The van der Waals surface area contributed by atoms with Crippen LogP contribution >= 0.6 is 0 Å². The van der Waals surface area contributed by atoms with Crippen molar-refractivity contribution in [3.63, 3.8) is 0 Å². The first-order valence-corrected chi connectivity index (χ1v) is 6.03. The van der Waals surface area contributed by atoms with Crippen molar-refractivity contribution in [1.29, 1.82) is 0 Å². The molecule has 0 bridgehead atoms. The predicted octanol–water partition coefficient (Wildman–Crippen LogP) is 1.64. The molecule has 0 radical (unpaired) electrons. The largest absolute Gasteiger partial charge is 0.396 e. The van der Waals surface area contributed by atoms with Gasteiger partial charge in [0.2, 0.25) is 0 Å². The Morgan fingerprint density at radius 2 is 1.82 bits per heavy atom. The molecule has 0 heterocycles. The Kier molecular flexibility index (Phi) is 5.12. The SMILES string of the molecule is Cc1ccccc1[C@H](C)NCC(C)(CO)CO. The number of aryl methyl sites for hydroxylation is 1. The number of aliphatic hydroxyl groups is 2. The molecule has 3 nitrogen and oxygen atoms in total. The van der Waals surface area contributed by atoms with E-state index in [4.69, 9.17) is 0 Å². The highest BCUT2D eigenvalue weighted by atomic mass is 16.3. The summed E-state index contributed by atoms with van der Waals surface area (Å²) in [7, 11) is 0. The summed E-state index contributed by atoms with van der Waals surface area (Å²) in [6.45, 7) is 6.61. The Labute approximate surface area is 103 Å². The first-order valence-electron chi connectivity index (χ1n) is 6.03. The van der Waals surface area contributed by atoms with Crippen molar-refractivity contribution in [3.05, 3.63) is 35.4 Å². The lowest BCUT2D eigenvalue weighted by Gasteiger charge is -2.27. The van der Waals surface area contributed by atoms with Gasteiger partial charge in [-0.3, -0.25) is 0 Å². The van der Waals surface area contributed by atoms with E-state index in [-0.39, 0.29) is 19.3 Å². The molecule has 17 heavy (non-hydrogen) atoms. The maximum atomic E-state index is 9.22. The topological polar surface area (TPSA) is 52.5 Å². The molecule has 0 aliphatic carbocycles. The molecule has 1 aromatic carbocycles. The normalized spacial score (nSPS) is 13.7. The van der Waals surface area contributed by atoms with Crippen LogP contribution in [0.3, 0.4) is 0 Å². The van der Waals surface area contributed by atoms with Crippen LogP contribution in [0.1, 0.15) is 31.0 Å². The van der Waals surface area contributed by atoms with E-state index in [9.17, 15) is 10.2 Å². The van der Waals surface area contributed by atoms with Crippen molar-refractivity contribution in [2.45, 2.75) is 26.8 Å². The minimum atomic E-state index is -0.461. The lowest BCUT2D eigenvalue weighted by molar-refractivity contribution is 0.0677. The van der Waals surface area contributed by atoms with Gasteiger partial charge in [0.15, 0.2) is 0 Å². The first kappa shape index (κ1) is 14.2. The van der Waals surface area contributed by atoms with Crippen LogP contribution in [-0.4, -0.2) is 30.0 Å². The number of hydrogen-bond acceptors (Lipinski definition) is 3. The highest BCUT2D eigenvalue weighted by Gasteiger charge is 2.23. The molecule has 0 aliphatic heterocycles. The highest BCUT2D eigenvalue weighted by molar-refractivity contribution is 5.28. The first-order chi connectivity index (χ1) is 8.02. The Morgan fingerprint density at radius 3 is 2.35 bits per heavy atom. The summed E-state index contributed by atoms with van der Waals surface area (Å²) in [5.74, 6) is 0. The molecule has 0 saturated carbocycles. The molecule has 3 heteroatoms. The van der Waals surface area contributed by atoms with E-state index >= 15 is 0 Å². The quantitative estimate of drug-likeness (QED) is 0.705. The van der Waals surface area contributed by atoms with E-state index in [0.29, 0.717) is 6.54 Å². The fourth-order valence-corrected chi connectivity index (χ4v) is 1.74. The molecule has 0 saturated heterocycles. The van der Waals surface area contributed by atoms with Gasteiger partial charge in [0.25, 0.3) is 0 Å². The monoisotopic (exact) mass is 237 g/mol. The fraction of sp³-hybridized carbons (Fsp3) is 0.571. The van der Waals surface area contributed by atoms with Gasteiger partial charge in [-0.05, 0) is 25.0 Å². The Bertz CT molecular complexity index is 348. The molecule has 0 amide bonds. The van der Waals surface area contributed by atoms with Crippen LogP contribution in [0.25, 0.3) is 0 Å². The predicted molar refractivity (Wildman–Crippen MR) is 69.9 cm³/mol. The molecule has 3 N–H and O–H groups in total. The van der Waals surface area contributed by atoms with Crippen LogP contribution in [0.2, 0.25) is 0 Å². The van der Waals surface area contributed by atoms with Gasteiger partial charge in [-0.2, -0.15) is 0 Å². The zero-order valence-corrected chi connectivity index (χ0v) is 10.9. The number of benzene rings is 1. The van der Waals surface area contributed by atoms with E-state index in [1.165, 1.54) is 11.1 Å². The van der Waals surface area contributed by atoms with Crippen molar-refractivity contribution >= 4 is 0 Å². The maximum absolute atomic E-state index is 9.22. The molecule has 1 atom stereocenters. The zero-order valence-electron chi connectivity index (χ0n) is 10.9. The van der Waals surface area contributed by atoms with Gasteiger partial charge in [0, 0.05) is 18.0 Å². The number of aliphatic hydroxyl groups excluding tert-OH is 2. The minimum absolute atomic E-state index is 0.0169. The molecule has 96 valence electrons. The lowest BCUT2D eigenvalue weighted by atomic mass is 9.92. The average molecular weight is 237 g/mol. The van der Waals surface area contributed by atoms with E-state index in [1.807, 2.05) is 19.1 Å². The number of nitrogens with one attached hydrogen (secondary N) is 1. The summed E-state index contributed by atoms with van der Waals surface area (Å²) in [6, 6.07) is 8.45. The molecule has 0 aliphatic rings. The smallest absolute Gasteiger partial charge is 0.0519 e. The summed E-state index contributed by atoms with van der Waals surface area (Å²) in [5.41, 5.74) is 2.05. The van der Waals surface area contributed by atoms with Crippen LogP contribution in [0.15, 0.2) is 24.3 Å². The van der Waals surface area contributed by atoms with Crippen LogP contribution < -0.4 is 5.32 Å². The summed E-state index contributed by atoms with van der Waals surface area (Å²) < 4.78 is 0. The standard InChI is InChI=1S/C14H23NO2/c1-11-6-4-5-7-13(11)12(2)15-8-14(3,9-16)10-17/h4-7,12,15-17H,8-10H2,1-3H3/t12-/m0/s1. The van der Waals surface area contributed by atoms with Crippen LogP contribution in [0.4, 0.5) is 0 Å². The molecule has 0 fully saturated rings. The second-order valence-corrected chi connectivity index (χ2v) is 5.09. The molecule has 1 aromatic rings. The van der Waals surface area contributed by atoms with Gasteiger partial charge >= 0.3 is 0 Å². The molecular formula is C14H23NO2. The van der Waals surface area contributed by atoms with Crippen molar-refractivity contribution < 1.29 is 10.2 Å². The number of hydrogen-bond donors (Lipinski definition) is 3. The second-order valence-electron chi connectivity index (χ2n) is 5.09. The van der Waals surface area contributed by atoms with Gasteiger partial charge in [-0.1, -0.05) is 31.2 Å². The summed E-state index contributed by atoms with van der Waals surface area (Å²) in [5, 5.41) is 21.8. The van der Waals surface area contributed by atoms with Crippen molar-refractivity contribution in [3.8, 4) is 0 Å². The van der Waals surface area contributed by atoms with Gasteiger partial charge in [0.1, 0.15) is 0 Å². The van der Waals surface area contributed by atoms with E-state index in [0.717, 1.165) is 0 Å². The van der Waals surface area contributed by atoms with E-state index in [2.05, 4.69) is 31.3 Å². The van der Waals surface area contributed by atoms with Gasteiger partial charge < -0.3 is 15.5 Å². The summed E-state index contributed by atoms with van der Waals surface area (Å²) in [4.78, 5) is 0. The number of rotatable bonds is 6. The molecular weight excluding hydrogens is 214 g/mol. The minimum Gasteiger partial charge on any atom is -0.396 e. The Balaban J connectivity index is 2.62. The molecule has 0 aromatic heterocycles. The van der Waals surface area contributed by atoms with Crippen molar-refractivity contribution in [2.75, 3.05) is 19.8 Å². The average Bonchev–Trinajstić information content (AvgIpc) is 2.36. The fourth-order valence-electron chi connectivity index (χ4n) is 1.74. The summed E-state index contributed by atoms with van der Waals surface area (Å²) in [6.07, 6.45) is 0. The van der Waals surface area contributed by atoms with Gasteiger partial charge in [0.05, 0.1) is 13.2 Å². The third-order valence-corrected chi connectivity index (χ3v) is 3.25. The van der Waals surface area contributed by atoms with E-state index in [1.54, 1.807) is 0 Å². The Morgan fingerprint density at radius 1 is 1.24 bits per heavy atom. The van der Waals surface area contributed by atoms with Crippen molar-refractivity contribution in [2.24, 2.45) is 5.41 Å². The van der Waals surface area contributed by atoms with Crippen LogP contribution in [0.5, 0.6) is 0 Å². The van der Waals surface area contributed by atoms with Gasteiger partial charge in [-0.25, -0.2) is 0 Å². The molecule has 1 rings (SSSR count). The third-order valence-electron chi connectivity index (χ3n) is 3.25.